The topological polar surface area (TPSA) is 87.0 Å². The predicted octanol–water partition coefficient (Wildman–Crippen LogP) is 3.63. The molecule has 0 aliphatic carbocycles. The second kappa shape index (κ2) is 9.35. The third-order valence-corrected chi connectivity index (χ3v) is 4.83. The summed E-state index contributed by atoms with van der Waals surface area (Å²) in [5, 5.41) is 3.74. The number of nitrogens with one attached hydrogen (secondary N) is 1. The number of rotatable bonds is 8. The number of fused-ring (bicyclic) bond motifs is 1. The van der Waals surface area contributed by atoms with Gasteiger partial charge in [0, 0.05) is 23.1 Å². The maximum Gasteiger partial charge on any atom is 0.336 e. The Morgan fingerprint density at radius 1 is 1.07 bits per heavy atom. The minimum absolute atomic E-state index is 0.181. The normalized spacial score (nSPS) is 11.7. The summed E-state index contributed by atoms with van der Waals surface area (Å²) in [7, 11) is 3.16. The molecule has 0 aliphatic heterocycles. The van der Waals surface area contributed by atoms with E-state index in [0.29, 0.717) is 22.8 Å². The van der Waals surface area contributed by atoms with Gasteiger partial charge >= 0.3 is 5.63 Å². The number of methoxy groups -OCH3 is 2. The molecule has 1 heterocycles. The molecule has 1 atom stereocenters. The van der Waals surface area contributed by atoms with Crippen molar-refractivity contribution in [2.75, 3.05) is 20.8 Å². The molecule has 2 aromatic carbocycles. The van der Waals surface area contributed by atoms with Crippen LogP contribution in [0.2, 0.25) is 0 Å². The van der Waals surface area contributed by atoms with Gasteiger partial charge in [-0.2, -0.15) is 0 Å². The lowest BCUT2D eigenvalue weighted by molar-refractivity contribution is -0.123. The number of amides is 1. The minimum Gasteiger partial charge on any atom is -0.497 e. The van der Waals surface area contributed by atoms with Gasteiger partial charge in [0.25, 0.3) is 5.91 Å². The average Bonchev–Trinajstić information content (AvgIpc) is 2.76. The van der Waals surface area contributed by atoms with Crippen LogP contribution in [0.15, 0.2) is 51.7 Å². The maximum absolute atomic E-state index is 12.4. The summed E-state index contributed by atoms with van der Waals surface area (Å²) in [6, 6.07) is 11.8. The second-order valence-electron chi connectivity index (χ2n) is 6.79. The van der Waals surface area contributed by atoms with Crippen LogP contribution in [-0.4, -0.2) is 26.7 Å². The van der Waals surface area contributed by atoms with Crippen LogP contribution in [0.4, 0.5) is 0 Å². The Balaban J connectivity index is 1.68. The van der Waals surface area contributed by atoms with Gasteiger partial charge in [-0.25, -0.2) is 4.79 Å². The summed E-state index contributed by atoms with van der Waals surface area (Å²) in [5.41, 5.74) is 1.73. The minimum atomic E-state index is -0.407. The Morgan fingerprint density at radius 2 is 1.83 bits per heavy atom. The lowest BCUT2D eigenvalue weighted by atomic mass is 10.1. The van der Waals surface area contributed by atoms with Crippen molar-refractivity contribution >= 4 is 16.9 Å². The van der Waals surface area contributed by atoms with E-state index >= 15 is 0 Å². The summed E-state index contributed by atoms with van der Waals surface area (Å²) >= 11 is 0. The van der Waals surface area contributed by atoms with Crippen LogP contribution < -0.4 is 25.2 Å². The molecule has 3 aromatic rings. The monoisotopic (exact) mass is 411 g/mol. The van der Waals surface area contributed by atoms with Gasteiger partial charge in [0.05, 0.1) is 20.3 Å². The largest absolute Gasteiger partial charge is 0.497 e. The van der Waals surface area contributed by atoms with E-state index in [1.165, 1.54) is 6.07 Å². The van der Waals surface area contributed by atoms with E-state index in [0.717, 1.165) is 22.9 Å². The summed E-state index contributed by atoms with van der Waals surface area (Å²) in [6.07, 6.45) is 0.719. The molecule has 0 spiro atoms. The lowest BCUT2D eigenvalue weighted by Crippen LogP contribution is -2.31. The molecule has 0 aliphatic rings. The molecule has 3 rings (SSSR count). The van der Waals surface area contributed by atoms with E-state index in [1.807, 2.05) is 26.0 Å². The Hall–Kier alpha value is -3.48. The molecule has 0 bridgehead atoms. The van der Waals surface area contributed by atoms with E-state index in [1.54, 1.807) is 38.5 Å². The van der Waals surface area contributed by atoms with Crippen molar-refractivity contribution in [3.8, 4) is 17.2 Å². The summed E-state index contributed by atoms with van der Waals surface area (Å²) in [4.78, 5) is 24.1. The first-order chi connectivity index (χ1) is 14.4. The van der Waals surface area contributed by atoms with Gasteiger partial charge in [0.15, 0.2) is 6.61 Å². The van der Waals surface area contributed by atoms with E-state index < -0.39 is 5.63 Å². The van der Waals surface area contributed by atoms with E-state index in [2.05, 4.69) is 5.32 Å². The smallest absolute Gasteiger partial charge is 0.336 e. The zero-order valence-corrected chi connectivity index (χ0v) is 17.5. The molecule has 7 heteroatoms. The fraction of sp³-hybridized carbons (Fsp3) is 0.304. The number of benzene rings is 2. The van der Waals surface area contributed by atoms with E-state index in [-0.39, 0.29) is 18.6 Å². The average molecular weight is 411 g/mol. The summed E-state index contributed by atoms with van der Waals surface area (Å²) < 4.78 is 21.5. The van der Waals surface area contributed by atoms with Gasteiger partial charge < -0.3 is 23.9 Å². The van der Waals surface area contributed by atoms with Crippen molar-refractivity contribution < 1.29 is 23.4 Å². The molecule has 1 aromatic heterocycles. The molecule has 0 saturated heterocycles. The number of ether oxygens (including phenoxy) is 3. The molecule has 7 nitrogen and oxygen atoms in total. The van der Waals surface area contributed by atoms with Gasteiger partial charge in [-0.1, -0.05) is 6.92 Å². The van der Waals surface area contributed by atoms with Crippen LogP contribution in [0.3, 0.4) is 0 Å². The highest BCUT2D eigenvalue weighted by molar-refractivity contribution is 5.82. The Labute approximate surface area is 174 Å². The number of aryl methyl sites for hydroxylation is 1. The van der Waals surface area contributed by atoms with Crippen LogP contribution in [0.1, 0.15) is 31.0 Å². The summed E-state index contributed by atoms with van der Waals surface area (Å²) in [5.74, 6) is 1.48. The van der Waals surface area contributed by atoms with E-state index in [9.17, 15) is 9.59 Å². The number of carbonyl (C=O) groups excluding carboxylic acids is 1. The van der Waals surface area contributed by atoms with Crippen LogP contribution >= 0.6 is 0 Å². The van der Waals surface area contributed by atoms with Crippen molar-refractivity contribution in [3.05, 3.63) is 64.0 Å². The van der Waals surface area contributed by atoms with Crippen molar-refractivity contribution in [2.24, 2.45) is 0 Å². The fourth-order valence-corrected chi connectivity index (χ4v) is 3.28. The third-order valence-electron chi connectivity index (χ3n) is 4.83. The van der Waals surface area contributed by atoms with Crippen molar-refractivity contribution in [3.63, 3.8) is 0 Å². The molecule has 158 valence electrons. The molecule has 0 saturated carbocycles. The van der Waals surface area contributed by atoms with Gasteiger partial charge in [-0.15, -0.1) is 0 Å². The third kappa shape index (κ3) is 4.74. The van der Waals surface area contributed by atoms with Crippen LogP contribution in [0.5, 0.6) is 17.2 Å². The SMILES string of the molecule is CCc1cc(=O)oc2cc(OCC(=O)NC(C)c3cc(OC)ccc3OC)ccc12. The first kappa shape index (κ1) is 21.2. The zero-order valence-electron chi connectivity index (χ0n) is 17.5. The molecular formula is C23H25NO6. The van der Waals surface area contributed by atoms with Crippen LogP contribution in [-0.2, 0) is 11.2 Å². The molecule has 30 heavy (non-hydrogen) atoms. The highest BCUT2D eigenvalue weighted by Crippen LogP contribution is 2.29. The van der Waals surface area contributed by atoms with Crippen molar-refractivity contribution in [2.45, 2.75) is 26.3 Å². The van der Waals surface area contributed by atoms with Crippen LogP contribution in [0, 0.1) is 0 Å². The molecule has 0 fully saturated rings. The molecule has 0 radical (unpaired) electrons. The molecular weight excluding hydrogens is 386 g/mol. The number of hydrogen-bond acceptors (Lipinski definition) is 6. The highest BCUT2D eigenvalue weighted by atomic mass is 16.5. The number of hydrogen-bond donors (Lipinski definition) is 1. The van der Waals surface area contributed by atoms with Crippen LogP contribution in [0.25, 0.3) is 11.0 Å². The van der Waals surface area contributed by atoms with Gasteiger partial charge in [-0.05, 0) is 49.2 Å². The Kier molecular flexibility index (Phi) is 6.61. The van der Waals surface area contributed by atoms with Gasteiger partial charge in [-0.3, -0.25) is 4.79 Å². The standard InChI is InChI=1S/C23H25NO6/c1-5-15-10-23(26)30-21-12-17(6-8-18(15)21)29-13-22(25)24-14(2)19-11-16(27-3)7-9-20(19)28-4/h6-12,14H,5,13H2,1-4H3,(H,24,25). The van der Waals surface area contributed by atoms with Crippen molar-refractivity contribution in [1.82, 2.24) is 5.32 Å². The van der Waals surface area contributed by atoms with Gasteiger partial charge in [0.2, 0.25) is 0 Å². The number of carbonyl (C=O) groups is 1. The predicted molar refractivity (Wildman–Crippen MR) is 113 cm³/mol. The fourth-order valence-electron chi connectivity index (χ4n) is 3.28. The molecule has 1 unspecified atom stereocenters. The Morgan fingerprint density at radius 3 is 2.53 bits per heavy atom. The first-order valence-corrected chi connectivity index (χ1v) is 9.66. The highest BCUT2D eigenvalue weighted by Gasteiger charge is 2.16. The van der Waals surface area contributed by atoms with E-state index in [4.69, 9.17) is 18.6 Å². The lowest BCUT2D eigenvalue weighted by Gasteiger charge is -2.18. The quantitative estimate of drug-likeness (QED) is 0.570. The zero-order chi connectivity index (χ0) is 21.7. The molecule has 1 amide bonds. The first-order valence-electron chi connectivity index (χ1n) is 9.66. The maximum atomic E-state index is 12.4. The molecule has 1 N–H and O–H groups in total. The Bertz CT molecular complexity index is 1100. The van der Waals surface area contributed by atoms with Crippen molar-refractivity contribution in [1.29, 1.82) is 0 Å². The summed E-state index contributed by atoms with van der Waals surface area (Å²) in [6.45, 7) is 3.65. The van der Waals surface area contributed by atoms with Gasteiger partial charge in [0.1, 0.15) is 22.8 Å². The second-order valence-corrected chi connectivity index (χ2v) is 6.79.